The molecule has 0 aliphatic carbocycles. The third-order valence-electron chi connectivity index (χ3n) is 2.18. The Bertz CT molecular complexity index is 190. The van der Waals surface area contributed by atoms with E-state index < -0.39 is 6.29 Å². The zero-order valence-corrected chi connectivity index (χ0v) is 10.5. The first-order chi connectivity index (χ1) is 7.56. The summed E-state index contributed by atoms with van der Waals surface area (Å²) in [5, 5.41) is 11.8. The molecule has 96 valence electrons. The molecule has 1 atom stereocenters. The molecule has 0 fully saturated rings. The molecular formula is C11H23NO4. The SMILES string of the molecule is CCOC(OCC)C(=O)N[C@H](CO)C(C)C. The zero-order chi connectivity index (χ0) is 12.6. The summed E-state index contributed by atoms with van der Waals surface area (Å²) >= 11 is 0. The Morgan fingerprint density at radius 2 is 1.75 bits per heavy atom. The maximum atomic E-state index is 11.7. The Morgan fingerprint density at radius 3 is 2.06 bits per heavy atom. The number of rotatable bonds is 8. The van der Waals surface area contributed by atoms with E-state index in [0.29, 0.717) is 13.2 Å². The van der Waals surface area contributed by atoms with Gasteiger partial charge in [0, 0.05) is 13.2 Å². The highest BCUT2D eigenvalue weighted by Gasteiger charge is 2.23. The summed E-state index contributed by atoms with van der Waals surface area (Å²) < 4.78 is 10.3. The van der Waals surface area contributed by atoms with Crippen LogP contribution in [0.15, 0.2) is 0 Å². The summed E-state index contributed by atoms with van der Waals surface area (Å²) in [6.07, 6.45) is -0.886. The highest BCUT2D eigenvalue weighted by atomic mass is 16.7. The normalized spacial score (nSPS) is 13.2. The van der Waals surface area contributed by atoms with Gasteiger partial charge in [-0.05, 0) is 19.8 Å². The highest BCUT2D eigenvalue weighted by molar-refractivity contribution is 5.79. The Kier molecular flexibility index (Phi) is 8.15. The molecule has 0 aliphatic rings. The maximum Gasteiger partial charge on any atom is 0.277 e. The van der Waals surface area contributed by atoms with E-state index in [-0.39, 0.29) is 24.5 Å². The number of hydrogen-bond acceptors (Lipinski definition) is 4. The van der Waals surface area contributed by atoms with Crippen LogP contribution in [0.3, 0.4) is 0 Å². The lowest BCUT2D eigenvalue weighted by atomic mass is 10.1. The van der Waals surface area contributed by atoms with Crippen molar-refractivity contribution in [1.82, 2.24) is 5.32 Å². The second-order valence-corrected chi connectivity index (χ2v) is 3.78. The van der Waals surface area contributed by atoms with Gasteiger partial charge in [-0.3, -0.25) is 4.79 Å². The molecule has 0 aromatic carbocycles. The van der Waals surface area contributed by atoms with E-state index in [1.165, 1.54) is 0 Å². The van der Waals surface area contributed by atoms with E-state index in [2.05, 4.69) is 5.32 Å². The van der Waals surface area contributed by atoms with Gasteiger partial charge in [0.05, 0.1) is 12.6 Å². The van der Waals surface area contributed by atoms with Gasteiger partial charge in [-0.15, -0.1) is 0 Å². The summed E-state index contributed by atoms with van der Waals surface area (Å²) in [6.45, 7) is 8.17. The van der Waals surface area contributed by atoms with Crippen LogP contribution in [0, 0.1) is 5.92 Å². The number of carbonyl (C=O) groups is 1. The van der Waals surface area contributed by atoms with Crippen LogP contribution in [0.1, 0.15) is 27.7 Å². The fraction of sp³-hybridized carbons (Fsp3) is 0.909. The predicted octanol–water partition coefficient (Wildman–Crippen LogP) is 0.519. The summed E-state index contributed by atoms with van der Waals surface area (Å²) in [7, 11) is 0. The summed E-state index contributed by atoms with van der Waals surface area (Å²) in [5.74, 6) is -0.172. The molecule has 0 aromatic rings. The number of nitrogens with one attached hydrogen (secondary N) is 1. The van der Waals surface area contributed by atoms with E-state index in [9.17, 15) is 4.79 Å². The molecule has 0 saturated heterocycles. The van der Waals surface area contributed by atoms with Gasteiger partial charge in [0.2, 0.25) is 6.29 Å². The average molecular weight is 233 g/mol. The summed E-state index contributed by atoms with van der Waals surface area (Å²) in [4.78, 5) is 11.7. The molecule has 16 heavy (non-hydrogen) atoms. The average Bonchev–Trinajstić information content (AvgIpc) is 2.24. The predicted molar refractivity (Wildman–Crippen MR) is 60.9 cm³/mol. The maximum absolute atomic E-state index is 11.7. The van der Waals surface area contributed by atoms with Crippen molar-refractivity contribution in [3.05, 3.63) is 0 Å². The second-order valence-electron chi connectivity index (χ2n) is 3.78. The molecule has 0 bridgehead atoms. The Morgan fingerprint density at radius 1 is 1.25 bits per heavy atom. The van der Waals surface area contributed by atoms with Gasteiger partial charge in [-0.25, -0.2) is 0 Å². The van der Waals surface area contributed by atoms with Crippen molar-refractivity contribution in [2.75, 3.05) is 19.8 Å². The van der Waals surface area contributed by atoms with Crippen LogP contribution >= 0.6 is 0 Å². The summed E-state index contributed by atoms with van der Waals surface area (Å²) in [6, 6.07) is -0.268. The van der Waals surface area contributed by atoms with Crippen LogP contribution in [0.5, 0.6) is 0 Å². The minimum Gasteiger partial charge on any atom is -0.394 e. The van der Waals surface area contributed by atoms with Crippen LogP contribution in [-0.4, -0.2) is 43.2 Å². The van der Waals surface area contributed by atoms with Gasteiger partial charge in [-0.1, -0.05) is 13.8 Å². The van der Waals surface area contributed by atoms with Crippen LogP contribution in [0.4, 0.5) is 0 Å². The lowest BCUT2D eigenvalue weighted by Gasteiger charge is -2.23. The number of aliphatic hydroxyl groups is 1. The zero-order valence-electron chi connectivity index (χ0n) is 10.5. The van der Waals surface area contributed by atoms with Crippen molar-refractivity contribution in [2.45, 2.75) is 40.0 Å². The third kappa shape index (κ3) is 5.44. The molecule has 5 heteroatoms. The minimum absolute atomic E-state index is 0.0889. The standard InChI is InChI=1S/C11H23NO4/c1-5-15-11(16-6-2)10(14)12-9(7-13)8(3)4/h8-9,11,13H,5-7H2,1-4H3,(H,12,14)/t9-/m1/s1. The molecule has 0 radical (unpaired) electrons. The number of amides is 1. The molecule has 0 spiro atoms. The van der Waals surface area contributed by atoms with Crippen LogP contribution in [-0.2, 0) is 14.3 Å². The molecule has 1 amide bonds. The number of carbonyl (C=O) groups excluding carboxylic acids is 1. The Labute approximate surface area is 97.1 Å². The number of ether oxygens (including phenoxy) is 2. The monoisotopic (exact) mass is 233 g/mol. The molecule has 0 aliphatic heterocycles. The molecule has 0 aromatic heterocycles. The van der Waals surface area contributed by atoms with Crippen LogP contribution < -0.4 is 5.32 Å². The fourth-order valence-electron chi connectivity index (χ4n) is 1.18. The number of aliphatic hydroxyl groups excluding tert-OH is 1. The van der Waals surface area contributed by atoms with Gasteiger partial charge < -0.3 is 19.9 Å². The van der Waals surface area contributed by atoms with Gasteiger partial charge in [-0.2, -0.15) is 0 Å². The van der Waals surface area contributed by atoms with E-state index in [1.807, 2.05) is 13.8 Å². The van der Waals surface area contributed by atoms with E-state index in [1.54, 1.807) is 13.8 Å². The van der Waals surface area contributed by atoms with E-state index in [4.69, 9.17) is 14.6 Å². The van der Waals surface area contributed by atoms with E-state index in [0.717, 1.165) is 0 Å². The van der Waals surface area contributed by atoms with E-state index >= 15 is 0 Å². The molecule has 0 rings (SSSR count). The smallest absolute Gasteiger partial charge is 0.277 e. The van der Waals surface area contributed by atoms with Crippen LogP contribution in [0.25, 0.3) is 0 Å². The van der Waals surface area contributed by atoms with Gasteiger partial charge in [0.15, 0.2) is 0 Å². The Hall–Kier alpha value is -0.650. The fourth-order valence-corrected chi connectivity index (χ4v) is 1.18. The lowest BCUT2D eigenvalue weighted by Crippen LogP contribution is -2.47. The largest absolute Gasteiger partial charge is 0.394 e. The Balaban J connectivity index is 4.26. The highest BCUT2D eigenvalue weighted by Crippen LogP contribution is 2.03. The molecule has 5 nitrogen and oxygen atoms in total. The third-order valence-corrected chi connectivity index (χ3v) is 2.18. The van der Waals surface area contributed by atoms with Crippen molar-refractivity contribution in [1.29, 1.82) is 0 Å². The van der Waals surface area contributed by atoms with Gasteiger partial charge >= 0.3 is 0 Å². The lowest BCUT2D eigenvalue weighted by molar-refractivity contribution is -0.171. The van der Waals surface area contributed by atoms with Crippen molar-refractivity contribution in [3.8, 4) is 0 Å². The molecule has 0 saturated carbocycles. The number of hydrogen-bond donors (Lipinski definition) is 2. The summed E-state index contributed by atoms with van der Waals surface area (Å²) in [5.41, 5.74) is 0. The van der Waals surface area contributed by atoms with Crippen molar-refractivity contribution >= 4 is 5.91 Å². The quantitative estimate of drug-likeness (QED) is 0.600. The first-order valence-electron chi connectivity index (χ1n) is 5.71. The van der Waals surface area contributed by atoms with Crippen molar-refractivity contribution in [2.24, 2.45) is 5.92 Å². The van der Waals surface area contributed by atoms with Gasteiger partial charge in [0.1, 0.15) is 0 Å². The van der Waals surface area contributed by atoms with Crippen molar-refractivity contribution < 1.29 is 19.4 Å². The molecular weight excluding hydrogens is 210 g/mol. The first kappa shape index (κ1) is 15.3. The second kappa shape index (κ2) is 8.50. The van der Waals surface area contributed by atoms with Gasteiger partial charge in [0.25, 0.3) is 5.91 Å². The molecule has 0 heterocycles. The van der Waals surface area contributed by atoms with Crippen LogP contribution in [0.2, 0.25) is 0 Å². The minimum atomic E-state index is -0.886. The first-order valence-corrected chi connectivity index (χ1v) is 5.71. The molecule has 0 unspecified atom stereocenters. The topological polar surface area (TPSA) is 67.8 Å². The molecule has 2 N–H and O–H groups in total. The van der Waals surface area contributed by atoms with Crippen molar-refractivity contribution in [3.63, 3.8) is 0 Å².